The summed E-state index contributed by atoms with van der Waals surface area (Å²) < 4.78 is 0. The number of aromatic nitrogens is 3. The Morgan fingerprint density at radius 1 is 1.20 bits per heavy atom. The molecule has 3 aromatic rings. The summed E-state index contributed by atoms with van der Waals surface area (Å²) in [6.07, 6.45) is 1.88. The second-order valence-corrected chi connectivity index (χ2v) is 7.43. The molecule has 0 aliphatic heterocycles. The van der Waals surface area contributed by atoms with Gasteiger partial charge in [0.15, 0.2) is 0 Å². The molecule has 0 fully saturated rings. The summed E-state index contributed by atoms with van der Waals surface area (Å²) in [7, 11) is 0. The highest BCUT2D eigenvalue weighted by Crippen LogP contribution is 2.32. The second kappa shape index (κ2) is 5.27. The number of nitrogens with one attached hydrogen (secondary N) is 1. The number of anilines is 1. The maximum absolute atomic E-state index is 6.00. The van der Waals surface area contributed by atoms with Crippen molar-refractivity contribution in [2.45, 2.75) is 26.8 Å². The van der Waals surface area contributed by atoms with Crippen LogP contribution < -0.4 is 5.32 Å². The fourth-order valence-corrected chi connectivity index (χ4v) is 3.84. The van der Waals surface area contributed by atoms with E-state index in [0.29, 0.717) is 0 Å². The summed E-state index contributed by atoms with van der Waals surface area (Å²) in [5.41, 5.74) is 0. The molecule has 3 rings (SSSR count). The number of aryl methyl sites for hydroxylation is 2. The van der Waals surface area contributed by atoms with Crippen LogP contribution in [0.15, 0.2) is 12.3 Å². The normalized spacial score (nSPS) is 12.8. The number of fused-ring (bicyclic) bond motifs is 1. The number of rotatable bonds is 3. The van der Waals surface area contributed by atoms with Gasteiger partial charge in [-0.15, -0.1) is 22.7 Å². The van der Waals surface area contributed by atoms with Gasteiger partial charge in [0.2, 0.25) is 5.28 Å². The van der Waals surface area contributed by atoms with E-state index in [1.165, 1.54) is 9.75 Å². The molecular weight excluding hydrogens is 312 g/mol. The molecule has 0 aliphatic carbocycles. The topological polar surface area (TPSA) is 50.7 Å². The lowest BCUT2D eigenvalue weighted by Gasteiger charge is -2.12. The zero-order chi connectivity index (χ0) is 14.3. The summed E-state index contributed by atoms with van der Waals surface area (Å²) >= 11 is 9.30. The van der Waals surface area contributed by atoms with E-state index in [4.69, 9.17) is 11.6 Å². The third-order valence-corrected chi connectivity index (χ3v) is 5.06. The third-order valence-electron chi connectivity index (χ3n) is 2.85. The van der Waals surface area contributed by atoms with Crippen molar-refractivity contribution in [2.75, 3.05) is 5.32 Å². The van der Waals surface area contributed by atoms with E-state index in [2.05, 4.69) is 47.1 Å². The number of hydrogen-bond acceptors (Lipinski definition) is 6. The molecule has 0 saturated carbocycles. The Kier molecular flexibility index (Phi) is 3.62. The molecule has 0 aliphatic rings. The van der Waals surface area contributed by atoms with E-state index in [1.807, 2.05) is 6.20 Å². The smallest absolute Gasteiger partial charge is 0.225 e. The highest BCUT2D eigenvalue weighted by Gasteiger charge is 2.14. The molecule has 1 unspecified atom stereocenters. The average molecular weight is 325 g/mol. The van der Waals surface area contributed by atoms with E-state index in [9.17, 15) is 0 Å². The zero-order valence-corrected chi connectivity index (χ0v) is 13.7. The molecule has 1 N–H and O–H groups in total. The van der Waals surface area contributed by atoms with Crippen LogP contribution in [0.3, 0.4) is 0 Å². The molecule has 3 aromatic heterocycles. The van der Waals surface area contributed by atoms with Crippen molar-refractivity contribution >= 4 is 50.3 Å². The molecule has 104 valence electrons. The van der Waals surface area contributed by atoms with Crippen LogP contribution in [-0.4, -0.2) is 15.0 Å². The van der Waals surface area contributed by atoms with Crippen molar-refractivity contribution in [2.24, 2.45) is 0 Å². The summed E-state index contributed by atoms with van der Waals surface area (Å²) in [5, 5.41) is 5.71. The number of nitrogens with zero attached hydrogens (tertiary/aromatic N) is 3. The summed E-state index contributed by atoms with van der Waals surface area (Å²) in [4.78, 5) is 16.3. The highest BCUT2D eigenvalue weighted by molar-refractivity contribution is 7.18. The van der Waals surface area contributed by atoms with Gasteiger partial charge in [-0.25, -0.2) is 15.0 Å². The molecular formula is C13H13ClN4S2. The van der Waals surface area contributed by atoms with Gasteiger partial charge >= 0.3 is 0 Å². The third kappa shape index (κ3) is 2.63. The first-order valence-corrected chi connectivity index (χ1v) is 8.16. The lowest BCUT2D eigenvalue weighted by molar-refractivity contribution is 0.862. The van der Waals surface area contributed by atoms with Gasteiger partial charge in [0.1, 0.15) is 15.7 Å². The zero-order valence-electron chi connectivity index (χ0n) is 11.3. The molecule has 0 amide bonds. The van der Waals surface area contributed by atoms with Crippen molar-refractivity contribution in [3.63, 3.8) is 0 Å². The molecule has 20 heavy (non-hydrogen) atoms. The number of hydrogen-bond donors (Lipinski definition) is 1. The van der Waals surface area contributed by atoms with Crippen molar-refractivity contribution in [1.82, 2.24) is 15.0 Å². The Balaban J connectivity index is 1.97. The van der Waals surface area contributed by atoms with Gasteiger partial charge in [-0.3, -0.25) is 0 Å². The van der Waals surface area contributed by atoms with Crippen LogP contribution in [0.4, 0.5) is 5.82 Å². The second-order valence-electron chi connectivity index (χ2n) is 4.59. The number of thiazole rings is 1. The molecule has 3 heterocycles. The molecule has 0 spiro atoms. The van der Waals surface area contributed by atoms with E-state index >= 15 is 0 Å². The van der Waals surface area contributed by atoms with Crippen molar-refractivity contribution < 1.29 is 0 Å². The average Bonchev–Trinajstić information content (AvgIpc) is 2.94. The lowest BCUT2D eigenvalue weighted by atomic mass is 10.3. The van der Waals surface area contributed by atoms with Gasteiger partial charge in [0.05, 0.1) is 11.4 Å². The Morgan fingerprint density at radius 3 is 2.70 bits per heavy atom. The summed E-state index contributed by atoms with van der Waals surface area (Å²) in [5.74, 6) is 0.768. The molecule has 1 atom stereocenters. The highest BCUT2D eigenvalue weighted by atomic mass is 35.5. The van der Waals surface area contributed by atoms with Crippen molar-refractivity contribution in [3.05, 3.63) is 32.3 Å². The largest absolute Gasteiger partial charge is 0.360 e. The van der Waals surface area contributed by atoms with Crippen LogP contribution in [-0.2, 0) is 0 Å². The van der Waals surface area contributed by atoms with Crippen LogP contribution in [0.2, 0.25) is 5.28 Å². The maximum atomic E-state index is 6.00. The minimum absolute atomic E-state index is 0.0862. The SMILES string of the molecule is Cc1cnc(C(C)Nc2nc(Cl)nc3sc(C)cc23)s1. The molecule has 4 nitrogen and oxygen atoms in total. The first-order valence-electron chi connectivity index (χ1n) is 6.15. The van der Waals surface area contributed by atoms with Gasteiger partial charge in [-0.05, 0) is 38.4 Å². The Bertz CT molecular complexity index is 765. The Labute approximate surface area is 129 Å². The van der Waals surface area contributed by atoms with E-state index in [1.54, 1.807) is 22.7 Å². The fraction of sp³-hybridized carbons (Fsp3) is 0.308. The standard InChI is InChI=1S/C13H13ClN4S2/c1-6-4-9-10(17-13(14)18-12(9)19-6)16-8(3)11-15-5-7(2)20-11/h4-5,8H,1-3H3,(H,16,17,18). The van der Waals surface area contributed by atoms with E-state index in [0.717, 1.165) is 21.0 Å². The lowest BCUT2D eigenvalue weighted by Crippen LogP contribution is -2.08. The first-order chi connectivity index (χ1) is 9.52. The fourth-order valence-electron chi connectivity index (χ4n) is 1.97. The molecule has 0 bridgehead atoms. The van der Waals surface area contributed by atoms with Gasteiger partial charge < -0.3 is 5.32 Å². The maximum Gasteiger partial charge on any atom is 0.225 e. The van der Waals surface area contributed by atoms with Crippen molar-refractivity contribution in [3.8, 4) is 0 Å². The van der Waals surface area contributed by atoms with Crippen LogP contribution in [0.5, 0.6) is 0 Å². The van der Waals surface area contributed by atoms with Crippen molar-refractivity contribution in [1.29, 1.82) is 0 Å². The number of halogens is 1. The van der Waals surface area contributed by atoms with E-state index < -0.39 is 0 Å². The minimum atomic E-state index is 0.0862. The molecule has 0 radical (unpaired) electrons. The van der Waals surface area contributed by atoms with Crippen LogP contribution >= 0.6 is 34.3 Å². The quantitative estimate of drug-likeness (QED) is 0.716. The van der Waals surface area contributed by atoms with Crippen LogP contribution in [0, 0.1) is 13.8 Å². The molecule has 0 aromatic carbocycles. The minimum Gasteiger partial charge on any atom is -0.360 e. The monoisotopic (exact) mass is 324 g/mol. The van der Waals surface area contributed by atoms with Crippen LogP contribution in [0.1, 0.15) is 27.7 Å². The molecule has 0 saturated heterocycles. The van der Waals surface area contributed by atoms with Crippen LogP contribution in [0.25, 0.3) is 10.2 Å². The predicted octanol–water partition coefficient (Wildman–Crippen LogP) is 4.59. The Morgan fingerprint density at radius 2 is 2.00 bits per heavy atom. The first kappa shape index (κ1) is 13.7. The predicted molar refractivity (Wildman–Crippen MR) is 86.1 cm³/mol. The number of thiophene rings is 1. The van der Waals surface area contributed by atoms with E-state index in [-0.39, 0.29) is 11.3 Å². The van der Waals surface area contributed by atoms with Gasteiger partial charge in [0, 0.05) is 16.0 Å². The molecule has 7 heteroatoms. The Hall–Kier alpha value is -1.24. The summed E-state index contributed by atoms with van der Waals surface area (Å²) in [6, 6.07) is 2.17. The van der Waals surface area contributed by atoms with Gasteiger partial charge in [0.25, 0.3) is 0 Å². The van der Waals surface area contributed by atoms with Gasteiger partial charge in [-0.2, -0.15) is 0 Å². The summed E-state index contributed by atoms with van der Waals surface area (Å²) in [6.45, 7) is 6.17. The van der Waals surface area contributed by atoms with Gasteiger partial charge in [-0.1, -0.05) is 0 Å².